The van der Waals surface area contributed by atoms with E-state index in [0.717, 1.165) is 22.3 Å². The molecule has 0 aliphatic rings. The number of para-hydroxylation sites is 1. The molecule has 2 rings (SSSR count). The Morgan fingerprint density at radius 3 is 2.26 bits per heavy atom. The van der Waals surface area contributed by atoms with Crippen molar-refractivity contribution in [3.63, 3.8) is 0 Å². The van der Waals surface area contributed by atoms with Gasteiger partial charge in [-0.25, -0.2) is 13.1 Å². The molecule has 5 heteroatoms. The fourth-order valence-electron chi connectivity index (χ4n) is 2.78. The average molecular weight is 333 g/mol. The number of sulfonamides is 1. The summed E-state index contributed by atoms with van der Waals surface area (Å²) < 4.78 is 33.6. The smallest absolute Gasteiger partial charge is 0.241 e. The van der Waals surface area contributed by atoms with Crippen LogP contribution in [-0.4, -0.2) is 15.0 Å². The quantitative estimate of drug-likeness (QED) is 0.880. The van der Waals surface area contributed by atoms with E-state index in [1.165, 1.54) is 0 Å². The molecule has 0 saturated heterocycles. The fourth-order valence-corrected chi connectivity index (χ4v) is 4.24. The van der Waals surface area contributed by atoms with Gasteiger partial charge >= 0.3 is 0 Å². The van der Waals surface area contributed by atoms with Crippen molar-refractivity contribution in [1.29, 1.82) is 0 Å². The van der Waals surface area contributed by atoms with Crippen molar-refractivity contribution in [2.75, 3.05) is 6.61 Å². The lowest BCUT2D eigenvalue weighted by molar-refractivity contribution is 0.336. The van der Waals surface area contributed by atoms with Gasteiger partial charge in [0, 0.05) is 12.1 Å². The molecule has 2 aromatic rings. The van der Waals surface area contributed by atoms with Gasteiger partial charge in [-0.05, 0) is 44.9 Å². The van der Waals surface area contributed by atoms with Crippen LogP contribution in [-0.2, 0) is 16.6 Å². The highest BCUT2D eigenvalue weighted by molar-refractivity contribution is 7.89. The summed E-state index contributed by atoms with van der Waals surface area (Å²) in [7, 11) is -3.57. The molecule has 0 spiro atoms. The number of ether oxygens (including phenoxy) is 1. The third-order valence-electron chi connectivity index (χ3n) is 3.60. The Balaban J connectivity index is 2.27. The van der Waals surface area contributed by atoms with Crippen molar-refractivity contribution in [3.05, 3.63) is 58.7 Å². The van der Waals surface area contributed by atoms with Crippen LogP contribution >= 0.6 is 0 Å². The van der Waals surface area contributed by atoms with Crippen LogP contribution < -0.4 is 9.46 Å². The van der Waals surface area contributed by atoms with Crippen molar-refractivity contribution in [1.82, 2.24) is 4.72 Å². The van der Waals surface area contributed by atoms with E-state index in [0.29, 0.717) is 17.3 Å². The van der Waals surface area contributed by atoms with Gasteiger partial charge in [-0.1, -0.05) is 35.9 Å². The van der Waals surface area contributed by atoms with Gasteiger partial charge in [-0.15, -0.1) is 0 Å². The summed E-state index contributed by atoms with van der Waals surface area (Å²) >= 11 is 0. The zero-order valence-electron chi connectivity index (χ0n) is 14.0. The first-order valence-corrected chi connectivity index (χ1v) is 9.11. The highest BCUT2D eigenvalue weighted by Gasteiger charge is 2.20. The molecule has 23 heavy (non-hydrogen) atoms. The first-order chi connectivity index (χ1) is 10.8. The van der Waals surface area contributed by atoms with Crippen LogP contribution in [0.15, 0.2) is 41.3 Å². The van der Waals surface area contributed by atoms with Crippen molar-refractivity contribution in [2.24, 2.45) is 0 Å². The molecule has 124 valence electrons. The zero-order valence-corrected chi connectivity index (χ0v) is 14.8. The van der Waals surface area contributed by atoms with Crippen LogP contribution in [0.25, 0.3) is 0 Å². The third-order valence-corrected chi connectivity index (χ3v) is 5.30. The molecule has 0 fully saturated rings. The number of aryl methyl sites for hydroxylation is 3. The Bertz CT molecular complexity index is 775. The van der Waals surface area contributed by atoms with Crippen molar-refractivity contribution < 1.29 is 13.2 Å². The summed E-state index contributed by atoms with van der Waals surface area (Å²) in [5.41, 5.74) is 3.39. The van der Waals surface area contributed by atoms with E-state index in [1.54, 1.807) is 0 Å². The predicted octanol–water partition coefficient (Wildman–Crippen LogP) is 3.49. The molecule has 0 aromatic heterocycles. The molecular formula is C18H23NO3S. The first-order valence-electron chi connectivity index (χ1n) is 7.63. The molecule has 0 aliphatic carbocycles. The number of nitrogens with one attached hydrogen (secondary N) is 1. The Morgan fingerprint density at radius 2 is 1.65 bits per heavy atom. The summed E-state index contributed by atoms with van der Waals surface area (Å²) in [5.74, 6) is 0.704. The van der Waals surface area contributed by atoms with E-state index >= 15 is 0 Å². The maximum absolute atomic E-state index is 12.7. The second-order valence-corrected chi connectivity index (χ2v) is 7.30. The number of benzene rings is 2. The Morgan fingerprint density at radius 1 is 1.04 bits per heavy atom. The van der Waals surface area contributed by atoms with Gasteiger partial charge in [0.25, 0.3) is 0 Å². The van der Waals surface area contributed by atoms with Gasteiger partial charge in [0.2, 0.25) is 10.0 Å². The van der Waals surface area contributed by atoms with Crippen LogP contribution in [0.3, 0.4) is 0 Å². The van der Waals surface area contributed by atoms with E-state index in [2.05, 4.69) is 4.72 Å². The van der Waals surface area contributed by atoms with E-state index in [9.17, 15) is 8.42 Å². The third kappa shape index (κ3) is 4.12. The molecule has 0 aliphatic heterocycles. The van der Waals surface area contributed by atoms with Crippen LogP contribution in [0, 0.1) is 20.8 Å². The van der Waals surface area contributed by atoms with Gasteiger partial charge < -0.3 is 4.74 Å². The van der Waals surface area contributed by atoms with E-state index in [-0.39, 0.29) is 6.54 Å². The van der Waals surface area contributed by atoms with Crippen LogP contribution in [0.4, 0.5) is 0 Å². The Labute approximate surface area is 138 Å². The number of rotatable bonds is 6. The summed E-state index contributed by atoms with van der Waals surface area (Å²) in [6, 6.07) is 11.2. The largest absolute Gasteiger partial charge is 0.494 e. The van der Waals surface area contributed by atoms with Crippen LogP contribution in [0.1, 0.15) is 29.2 Å². The second kappa shape index (κ2) is 7.15. The lowest BCUT2D eigenvalue weighted by Crippen LogP contribution is -2.25. The van der Waals surface area contributed by atoms with Gasteiger partial charge in [0.1, 0.15) is 5.75 Å². The van der Waals surface area contributed by atoms with E-state index in [4.69, 9.17) is 4.74 Å². The van der Waals surface area contributed by atoms with Gasteiger partial charge in [-0.2, -0.15) is 0 Å². The summed E-state index contributed by atoms with van der Waals surface area (Å²) in [6.45, 7) is 8.25. The van der Waals surface area contributed by atoms with E-state index < -0.39 is 10.0 Å². The van der Waals surface area contributed by atoms with Gasteiger partial charge in [0.05, 0.1) is 11.5 Å². The molecule has 0 bridgehead atoms. The second-order valence-electron chi connectivity index (χ2n) is 5.59. The lowest BCUT2D eigenvalue weighted by Gasteiger charge is -2.14. The highest BCUT2D eigenvalue weighted by Crippen LogP contribution is 2.23. The zero-order chi connectivity index (χ0) is 17.0. The molecular weight excluding hydrogens is 310 g/mol. The van der Waals surface area contributed by atoms with Crippen molar-refractivity contribution in [3.8, 4) is 5.75 Å². The Hall–Kier alpha value is -1.85. The van der Waals surface area contributed by atoms with Crippen LogP contribution in [0.5, 0.6) is 5.75 Å². The Kier molecular flexibility index (Phi) is 5.44. The molecule has 0 heterocycles. The van der Waals surface area contributed by atoms with E-state index in [1.807, 2.05) is 64.1 Å². The standard InChI is InChI=1S/C18H23NO3S/c1-5-22-17-9-7-6-8-16(17)12-19-23(20,21)18-14(3)10-13(2)11-15(18)4/h6-11,19H,5,12H2,1-4H3. The topological polar surface area (TPSA) is 55.4 Å². The van der Waals surface area contributed by atoms with Gasteiger partial charge in [0.15, 0.2) is 0 Å². The minimum absolute atomic E-state index is 0.200. The predicted molar refractivity (Wildman–Crippen MR) is 92.3 cm³/mol. The maximum Gasteiger partial charge on any atom is 0.241 e. The molecule has 0 atom stereocenters. The average Bonchev–Trinajstić information content (AvgIpc) is 2.45. The van der Waals surface area contributed by atoms with Crippen molar-refractivity contribution >= 4 is 10.0 Å². The van der Waals surface area contributed by atoms with Gasteiger partial charge in [-0.3, -0.25) is 0 Å². The summed E-state index contributed by atoms with van der Waals surface area (Å²) in [5, 5.41) is 0. The summed E-state index contributed by atoms with van der Waals surface area (Å²) in [6.07, 6.45) is 0. The monoisotopic (exact) mass is 333 g/mol. The number of hydrogen-bond acceptors (Lipinski definition) is 3. The molecule has 4 nitrogen and oxygen atoms in total. The molecule has 1 N–H and O–H groups in total. The maximum atomic E-state index is 12.7. The molecule has 0 radical (unpaired) electrons. The molecule has 0 amide bonds. The van der Waals surface area contributed by atoms with Crippen molar-refractivity contribution in [2.45, 2.75) is 39.1 Å². The SMILES string of the molecule is CCOc1ccccc1CNS(=O)(=O)c1c(C)cc(C)cc1C. The number of hydrogen-bond donors (Lipinski definition) is 1. The molecule has 0 saturated carbocycles. The minimum atomic E-state index is -3.57. The first kappa shape index (κ1) is 17.5. The lowest BCUT2D eigenvalue weighted by atomic mass is 10.1. The fraction of sp³-hybridized carbons (Fsp3) is 0.333. The minimum Gasteiger partial charge on any atom is -0.494 e. The molecule has 2 aromatic carbocycles. The molecule has 0 unspecified atom stereocenters. The summed E-state index contributed by atoms with van der Waals surface area (Å²) in [4.78, 5) is 0.358. The van der Waals surface area contributed by atoms with Crippen LogP contribution in [0.2, 0.25) is 0 Å². The normalized spacial score (nSPS) is 11.5. The highest BCUT2D eigenvalue weighted by atomic mass is 32.2.